The molecule has 3 aromatic rings. The molecule has 2 heteroatoms. The molecule has 0 radical (unpaired) electrons. The standard InChI is InChI=1S/C28H28O2/c1-18(2)23-16-24-26(22-14-13-19-9-7-8-12-21(19)15-22)30-27(20-10-5-4-6-11-20)28(24,3)25(29)17-23/h4-15,23-24,26-27H,1,16-17H2,2-3H3/t23-,24+,26-,27+,28-/m1/s1. The molecule has 1 saturated carbocycles. The minimum absolute atomic E-state index is 0.101. The van der Waals surface area contributed by atoms with Crippen molar-refractivity contribution in [3.8, 4) is 0 Å². The summed E-state index contributed by atoms with van der Waals surface area (Å²) in [5.74, 6) is 0.673. The highest BCUT2D eigenvalue weighted by Crippen LogP contribution is 2.62. The number of carbonyl (C=O) groups is 1. The highest BCUT2D eigenvalue weighted by Gasteiger charge is 2.60. The highest BCUT2D eigenvalue weighted by molar-refractivity contribution is 5.88. The van der Waals surface area contributed by atoms with Gasteiger partial charge in [-0.1, -0.05) is 78.9 Å². The molecule has 0 N–H and O–H groups in total. The molecule has 0 aromatic heterocycles. The van der Waals surface area contributed by atoms with E-state index < -0.39 is 5.41 Å². The quantitative estimate of drug-likeness (QED) is 0.454. The molecule has 1 heterocycles. The summed E-state index contributed by atoms with van der Waals surface area (Å²) in [5, 5.41) is 2.43. The van der Waals surface area contributed by atoms with Crippen molar-refractivity contribution in [3.05, 3.63) is 96.1 Å². The van der Waals surface area contributed by atoms with Crippen molar-refractivity contribution >= 4 is 16.6 Å². The van der Waals surface area contributed by atoms with Gasteiger partial charge in [-0.15, -0.1) is 0 Å². The minimum atomic E-state index is -0.524. The topological polar surface area (TPSA) is 26.3 Å². The first-order chi connectivity index (χ1) is 14.5. The molecule has 5 atom stereocenters. The van der Waals surface area contributed by atoms with Crippen molar-refractivity contribution in [2.45, 2.75) is 38.9 Å². The van der Waals surface area contributed by atoms with Crippen LogP contribution in [0.4, 0.5) is 0 Å². The zero-order chi connectivity index (χ0) is 20.9. The summed E-state index contributed by atoms with van der Waals surface area (Å²) in [4.78, 5) is 13.6. The van der Waals surface area contributed by atoms with E-state index in [2.05, 4.69) is 75.0 Å². The number of hydrogen-bond donors (Lipinski definition) is 0. The summed E-state index contributed by atoms with van der Waals surface area (Å²) in [6, 6.07) is 25.3. The lowest BCUT2D eigenvalue weighted by Gasteiger charge is -2.41. The SMILES string of the molecule is C=C(C)[C@H]1CC(=O)[C@]2(C)[C@H](c3ccccc3)O[C@H](c3ccc4ccccc4c3)[C@@H]2C1. The van der Waals surface area contributed by atoms with Crippen LogP contribution in [0.3, 0.4) is 0 Å². The summed E-state index contributed by atoms with van der Waals surface area (Å²) in [6.07, 6.45) is 1.19. The van der Waals surface area contributed by atoms with Gasteiger partial charge in [0, 0.05) is 12.3 Å². The number of Topliss-reactive ketones (excluding diaryl/α,β-unsaturated/α-hetero) is 1. The first kappa shape index (κ1) is 19.3. The van der Waals surface area contributed by atoms with Crippen LogP contribution in [0.2, 0.25) is 0 Å². The van der Waals surface area contributed by atoms with Crippen LogP contribution in [0.5, 0.6) is 0 Å². The van der Waals surface area contributed by atoms with Gasteiger partial charge in [-0.2, -0.15) is 0 Å². The lowest BCUT2D eigenvalue weighted by molar-refractivity contribution is -0.136. The van der Waals surface area contributed by atoms with Gasteiger partial charge in [0.15, 0.2) is 0 Å². The zero-order valence-electron chi connectivity index (χ0n) is 17.7. The smallest absolute Gasteiger partial charge is 0.142 e. The molecule has 2 fully saturated rings. The van der Waals surface area contributed by atoms with Crippen molar-refractivity contribution in [3.63, 3.8) is 0 Å². The Kier molecular flexibility index (Phi) is 4.63. The van der Waals surface area contributed by atoms with E-state index in [1.807, 2.05) is 18.2 Å². The Hall–Kier alpha value is -2.71. The summed E-state index contributed by atoms with van der Waals surface area (Å²) < 4.78 is 6.78. The monoisotopic (exact) mass is 396 g/mol. The van der Waals surface area contributed by atoms with Crippen LogP contribution in [-0.4, -0.2) is 5.78 Å². The second kappa shape index (κ2) is 7.21. The normalized spacial score (nSPS) is 30.9. The number of allylic oxidation sites excluding steroid dienone is 1. The van der Waals surface area contributed by atoms with Crippen LogP contribution in [0.15, 0.2) is 84.9 Å². The Morgan fingerprint density at radius 3 is 2.40 bits per heavy atom. The zero-order valence-corrected chi connectivity index (χ0v) is 17.7. The van der Waals surface area contributed by atoms with Crippen LogP contribution >= 0.6 is 0 Å². The number of carbonyl (C=O) groups excluding carboxylic acids is 1. The first-order valence-corrected chi connectivity index (χ1v) is 10.9. The van der Waals surface area contributed by atoms with E-state index in [9.17, 15) is 4.79 Å². The molecule has 1 saturated heterocycles. The molecular formula is C28H28O2. The maximum absolute atomic E-state index is 13.6. The lowest BCUT2D eigenvalue weighted by Crippen LogP contribution is -2.43. The average molecular weight is 397 g/mol. The largest absolute Gasteiger partial charge is 0.364 e. The molecule has 1 aliphatic heterocycles. The molecule has 0 bridgehead atoms. The van der Waals surface area contributed by atoms with Crippen LogP contribution in [0, 0.1) is 17.3 Å². The number of ether oxygens (including phenoxy) is 1. The number of hydrogen-bond acceptors (Lipinski definition) is 2. The van der Waals surface area contributed by atoms with Crippen LogP contribution < -0.4 is 0 Å². The van der Waals surface area contributed by atoms with Crippen LogP contribution in [-0.2, 0) is 9.53 Å². The van der Waals surface area contributed by atoms with Crippen LogP contribution in [0.25, 0.3) is 10.8 Å². The fourth-order valence-electron chi connectivity index (χ4n) is 5.57. The second-order valence-electron chi connectivity index (χ2n) is 9.25. The Morgan fingerprint density at radius 2 is 1.67 bits per heavy atom. The average Bonchev–Trinajstić information content (AvgIpc) is 3.08. The maximum Gasteiger partial charge on any atom is 0.142 e. The number of rotatable bonds is 3. The Labute approximate surface area is 178 Å². The van der Waals surface area contributed by atoms with Gasteiger partial charge in [-0.25, -0.2) is 0 Å². The van der Waals surface area contributed by atoms with Gasteiger partial charge in [0.2, 0.25) is 0 Å². The van der Waals surface area contributed by atoms with E-state index in [1.54, 1.807) is 0 Å². The summed E-state index contributed by atoms with van der Waals surface area (Å²) in [5.41, 5.74) is 2.84. The summed E-state index contributed by atoms with van der Waals surface area (Å²) in [6.45, 7) is 8.36. The van der Waals surface area contributed by atoms with Gasteiger partial charge >= 0.3 is 0 Å². The molecule has 2 aliphatic rings. The highest BCUT2D eigenvalue weighted by atomic mass is 16.5. The van der Waals surface area contributed by atoms with E-state index in [1.165, 1.54) is 16.3 Å². The number of benzene rings is 3. The Morgan fingerprint density at radius 1 is 0.967 bits per heavy atom. The first-order valence-electron chi connectivity index (χ1n) is 10.9. The second-order valence-corrected chi connectivity index (χ2v) is 9.25. The fraction of sp³-hybridized carbons (Fsp3) is 0.321. The fourth-order valence-corrected chi connectivity index (χ4v) is 5.57. The molecular weight excluding hydrogens is 368 g/mol. The third kappa shape index (κ3) is 2.94. The van der Waals surface area contributed by atoms with Gasteiger partial charge < -0.3 is 4.74 Å². The van der Waals surface area contributed by atoms with E-state index in [0.717, 1.165) is 17.6 Å². The molecule has 5 rings (SSSR count). The maximum atomic E-state index is 13.6. The van der Waals surface area contributed by atoms with Gasteiger partial charge in [0.05, 0.1) is 17.6 Å². The lowest BCUT2D eigenvalue weighted by atomic mass is 9.59. The third-order valence-corrected chi connectivity index (χ3v) is 7.44. The van der Waals surface area contributed by atoms with Gasteiger partial charge in [0.1, 0.15) is 5.78 Å². The van der Waals surface area contributed by atoms with E-state index in [-0.39, 0.29) is 24.0 Å². The number of ketones is 1. The minimum Gasteiger partial charge on any atom is -0.364 e. The third-order valence-electron chi connectivity index (χ3n) is 7.44. The van der Waals surface area contributed by atoms with Gasteiger partial charge in [-0.3, -0.25) is 4.79 Å². The summed E-state index contributed by atoms with van der Waals surface area (Å²) in [7, 11) is 0. The molecule has 0 amide bonds. The summed E-state index contributed by atoms with van der Waals surface area (Å²) >= 11 is 0. The van der Waals surface area contributed by atoms with E-state index in [4.69, 9.17) is 4.74 Å². The van der Waals surface area contributed by atoms with Crippen molar-refractivity contribution in [1.29, 1.82) is 0 Å². The van der Waals surface area contributed by atoms with Gasteiger partial charge in [-0.05, 0) is 54.2 Å². The molecule has 152 valence electrons. The molecule has 1 aliphatic carbocycles. The molecule has 30 heavy (non-hydrogen) atoms. The molecule has 0 unspecified atom stereocenters. The Bertz CT molecular complexity index is 1120. The van der Waals surface area contributed by atoms with Crippen molar-refractivity contribution in [1.82, 2.24) is 0 Å². The van der Waals surface area contributed by atoms with E-state index >= 15 is 0 Å². The van der Waals surface area contributed by atoms with Crippen LogP contribution in [0.1, 0.15) is 50.0 Å². The number of fused-ring (bicyclic) bond motifs is 2. The van der Waals surface area contributed by atoms with Crippen molar-refractivity contribution in [2.75, 3.05) is 0 Å². The molecule has 0 spiro atoms. The Balaban J connectivity index is 1.62. The van der Waals surface area contributed by atoms with Gasteiger partial charge in [0.25, 0.3) is 0 Å². The van der Waals surface area contributed by atoms with Crippen molar-refractivity contribution < 1.29 is 9.53 Å². The predicted molar refractivity (Wildman–Crippen MR) is 121 cm³/mol. The van der Waals surface area contributed by atoms with E-state index in [0.29, 0.717) is 12.2 Å². The molecule has 2 nitrogen and oxygen atoms in total. The predicted octanol–water partition coefficient (Wildman–Crippen LogP) is 6.83. The molecule has 3 aromatic carbocycles. The van der Waals surface area contributed by atoms with Crippen molar-refractivity contribution in [2.24, 2.45) is 17.3 Å².